The summed E-state index contributed by atoms with van der Waals surface area (Å²) in [6, 6.07) is 4.50. The van der Waals surface area contributed by atoms with Crippen molar-refractivity contribution in [1.29, 1.82) is 0 Å². The van der Waals surface area contributed by atoms with Gasteiger partial charge in [-0.05, 0) is 19.1 Å². The molecule has 0 saturated carbocycles. The number of carbonyl (C=O) groups excluding carboxylic acids is 1. The normalized spacial score (nSPS) is 14.2. The van der Waals surface area contributed by atoms with Gasteiger partial charge in [0.2, 0.25) is 5.67 Å². The van der Waals surface area contributed by atoms with Crippen LogP contribution in [0.25, 0.3) is 0 Å². The molecule has 1 rings (SSSR count). The van der Waals surface area contributed by atoms with Gasteiger partial charge in [-0.15, -0.1) is 0 Å². The highest BCUT2D eigenvalue weighted by atomic mass is 19.1. The van der Waals surface area contributed by atoms with Crippen molar-refractivity contribution in [2.75, 3.05) is 13.2 Å². The molecule has 1 unspecified atom stereocenters. The van der Waals surface area contributed by atoms with Gasteiger partial charge >= 0.3 is 5.97 Å². The second-order valence-corrected chi connectivity index (χ2v) is 3.23. The SMILES string of the molecule is CCOC(=O)C(F)(CN)c1ccc(F)cc1. The lowest BCUT2D eigenvalue weighted by molar-refractivity contribution is -0.157. The van der Waals surface area contributed by atoms with Gasteiger partial charge in [0.1, 0.15) is 5.82 Å². The Balaban J connectivity index is 3.04. The molecule has 0 spiro atoms. The minimum absolute atomic E-state index is 0.00477. The molecule has 1 atom stereocenters. The maximum atomic E-state index is 14.2. The average Bonchev–Trinajstić information content (AvgIpc) is 2.29. The van der Waals surface area contributed by atoms with Gasteiger partial charge in [0.15, 0.2) is 0 Å². The smallest absolute Gasteiger partial charge is 0.349 e. The Hall–Kier alpha value is -1.49. The van der Waals surface area contributed by atoms with Crippen LogP contribution in [0.2, 0.25) is 0 Å². The molecule has 0 fully saturated rings. The lowest BCUT2D eigenvalue weighted by atomic mass is 9.96. The number of rotatable bonds is 4. The number of alkyl halides is 1. The zero-order chi connectivity index (χ0) is 12.2. The van der Waals surface area contributed by atoms with Gasteiger partial charge in [0.05, 0.1) is 6.61 Å². The highest BCUT2D eigenvalue weighted by molar-refractivity contribution is 5.81. The number of ether oxygens (including phenoxy) is 1. The predicted molar refractivity (Wildman–Crippen MR) is 54.9 cm³/mol. The van der Waals surface area contributed by atoms with Crippen molar-refractivity contribution in [3.8, 4) is 0 Å². The van der Waals surface area contributed by atoms with Gasteiger partial charge in [0, 0.05) is 12.1 Å². The molecule has 3 nitrogen and oxygen atoms in total. The van der Waals surface area contributed by atoms with Crippen molar-refractivity contribution in [2.45, 2.75) is 12.6 Å². The zero-order valence-electron chi connectivity index (χ0n) is 8.87. The van der Waals surface area contributed by atoms with Crippen LogP contribution < -0.4 is 5.73 Å². The van der Waals surface area contributed by atoms with E-state index in [-0.39, 0.29) is 12.2 Å². The third-order valence-corrected chi connectivity index (χ3v) is 2.18. The first kappa shape index (κ1) is 12.6. The summed E-state index contributed by atoms with van der Waals surface area (Å²) in [5.74, 6) is -1.56. The van der Waals surface area contributed by atoms with Crippen molar-refractivity contribution in [1.82, 2.24) is 0 Å². The van der Waals surface area contributed by atoms with E-state index in [0.717, 1.165) is 12.1 Å². The summed E-state index contributed by atoms with van der Waals surface area (Å²) in [6.07, 6.45) is 0. The maximum absolute atomic E-state index is 14.2. The first-order valence-electron chi connectivity index (χ1n) is 4.87. The van der Waals surface area contributed by atoms with E-state index in [2.05, 4.69) is 4.74 Å². The van der Waals surface area contributed by atoms with E-state index in [1.165, 1.54) is 12.1 Å². The topological polar surface area (TPSA) is 52.3 Å². The first-order chi connectivity index (χ1) is 7.54. The van der Waals surface area contributed by atoms with Crippen LogP contribution in [0, 0.1) is 5.82 Å². The standard InChI is InChI=1S/C11H13F2NO2/c1-2-16-10(15)11(13,7-14)8-3-5-9(12)6-4-8/h3-6H,2,7,14H2,1H3. The van der Waals surface area contributed by atoms with Crippen molar-refractivity contribution in [3.63, 3.8) is 0 Å². The minimum atomic E-state index is -2.41. The number of esters is 1. The first-order valence-corrected chi connectivity index (χ1v) is 4.87. The van der Waals surface area contributed by atoms with Crippen molar-refractivity contribution >= 4 is 5.97 Å². The van der Waals surface area contributed by atoms with E-state index in [9.17, 15) is 13.6 Å². The summed E-state index contributed by atoms with van der Waals surface area (Å²) in [4.78, 5) is 11.4. The highest BCUT2D eigenvalue weighted by Gasteiger charge is 2.40. The molecule has 0 amide bonds. The second kappa shape index (κ2) is 5.03. The molecule has 0 saturated heterocycles. The fourth-order valence-corrected chi connectivity index (χ4v) is 1.28. The van der Waals surface area contributed by atoms with Crippen LogP contribution in [0.5, 0.6) is 0 Å². The number of carbonyl (C=O) groups is 1. The molecule has 0 radical (unpaired) electrons. The lowest BCUT2D eigenvalue weighted by Crippen LogP contribution is -2.40. The lowest BCUT2D eigenvalue weighted by Gasteiger charge is -2.21. The molecular weight excluding hydrogens is 216 g/mol. The van der Waals surface area contributed by atoms with Crippen LogP contribution in [0.4, 0.5) is 8.78 Å². The molecule has 5 heteroatoms. The predicted octanol–water partition coefficient (Wildman–Crippen LogP) is 1.51. The van der Waals surface area contributed by atoms with E-state index < -0.39 is 24.0 Å². The Labute approximate surface area is 92.2 Å². The van der Waals surface area contributed by atoms with Gasteiger partial charge in [-0.2, -0.15) is 0 Å². The van der Waals surface area contributed by atoms with Crippen LogP contribution >= 0.6 is 0 Å². The van der Waals surface area contributed by atoms with Gasteiger partial charge < -0.3 is 10.5 Å². The Kier molecular flexibility index (Phi) is 3.95. The van der Waals surface area contributed by atoms with Crippen LogP contribution in [0.3, 0.4) is 0 Å². The van der Waals surface area contributed by atoms with E-state index >= 15 is 0 Å². The summed E-state index contributed by atoms with van der Waals surface area (Å²) >= 11 is 0. The largest absolute Gasteiger partial charge is 0.463 e. The third-order valence-electron chi connectivity index (χ3n) is 2.18. The summed E-state index contributed by atoms with van der Waals surface area (Å²) < 4.78 is 31.5. The molecule has 88 valence electrons. The Morgan fingerprint density at radius 3 is 2.44 bits per heavy atom. The summed E-state index contributed by atoms with van der Waals surface area (Å²) in [5, 5.41) is 0. The van der Waals surface area contributed by atoms with Crippen LogP contribution in [-0.4, -0.2) is 19.1 Å². The maximum Gasteiger partial charge on any atom is 0.349 e. The van der Waals surface area contributed by atoms with Crippen molar-refractivity contribution < 1.29 is 18.3 Å². The van der Waals surface area contributed by atoms with Gasteiger partial charge in [-0.25, -0.2) is 13.6 Å². The molecule has 16 heavy (non-hydrogen) atoms. The molecule has 0 bridgehead atoms. The summed E-state index contributed by atoms with van der Waals surface area (Å²) in [5.41, 5.74) is 2.82. The zero-order valence-corrected chi connectivity index (χ0v) is 8.87. The Morgan fingerprint density at radius 2 is 2.00 bits per heavy atom. The number of halogens is 2. The van der Waals surface area contributed by atoms with Crippen molar-refractivity contribution in [2.24, 2.45) is 5.73 Å². The van der Waals surface area contributed by atoms with Crippen molar-refractivity contribution in [3.05, 3.63) is 35.6 Å². The van der Waals surface area contributed by atoms with Gasteiger partial charge in [0.25, 0.3) is 0 Å². The number of nitrogens with two attached hydrogens (primary N) is 1. The molecule has 1 aromatic carbocycles. The summed E-state index contributed by atoms with van der Waals surface area (Å²) in [7, 11) is 0. The van der Waals surface area contributed by atoms with Gasteiger partial charge in [-0.1, -0.05) is 12.1 Å². The summed E-state index contributed by atoms with van der Waals surface area (Å²) in [6.45, 7) is 1.09. The van der Waals surface area contributed by atoms with E-state index in [1.54, 1.807) is 6.92 Å². The van der Waals surface area contributed by atoms with E-state index in [1.807, 2.05) is 0 Å². The molecule has 0 aliphatic carbocycles. The van der Waals surface area contributed by atoms with Crippen LogP contribution in [-0.2, 0) is 15.2 Å². The molecule has 2 N–H and O–H groups in total. The second-order valence-electron chi connectivity index (χ2n) is 3.23. The third kappa shape index (κ3) is 2.36. The molecule has 0 aliphatic heterocycles. The Bertz CT molecular complexity index is 367. The molecular formula is C11H13F2NO2. The fraction of sp³-hybridized carbons (Fsp3) is 0.364. The fourth-order valence-electron chi connectivity index (χ4n) is 1.28. The molecule has 0 heterocycles. The number of hydrogen-bond donors (Lipinski definition) is 1. The van der Waals surface area contributed by atoms with E-state index in [4.69, 9.17) is 5.73 Å². The molecule has 1 aromatic rings. The number of benzene rings is 1. The minimum Gasteiger partial charge on any atom is -0.463 e. The highest BCUT2D eigenvalue weighted by Crippen LogP contribution is 2.26. The molecule has 0 aliphatic rings. The van der Waals surface area contributed by atoms with E-state index in [0.29, 0.717) is 0 Å². The molecule has 0 aromatic heterocycles. The quantitative estimate of drug-likeness (QED) is 0.796. The van der Waals surface area contributed by atoms with Gasteiger partial charge in [-0.3, -0.25) is 0 Å². The monoisotopic (exact) mass is 229 g/mol. The number of hydrogen-bond acceptors (Lipinski definition) is 3. The van der Waals surface area contributed by atoms with Crippen LogP contribution in [0.1, 0.15) is 12.5 Å². The average molecular weight is 229 g/mol. The Morgan fingerprint density at radius 1 is 1.44 bits per heavy atom. The van der Waals surface area contributed by atoms with Crippen LogP contribution in [0.15, 0.2) is 24.3 Å².